The summed E-state index contributed by atoms with van der Waals surface area (Å²) in [5, 5.41) is 0. The predicted molar refractivity (Wildman–Crippen MR) is 65.0 cm³/mol. The first-order chi connectivity index (χ1) is 7.73. The summed E-state index contributed by atoms with van der Waals surface area (Å²) in [5.41, 5.74) is 5.68. The summed E-state index contributed by atoms with van der Waals surface area (Å²) in [6.07, 6.45) is 7.81. The fourth-order valence-electron chi connectivity index (χ4n) is 3.39. The first-order valence-corrected chi connectivity index (χ1v) is 6.74. The number of nitrogens with two attached hydrogens (primary N) is 1. The summed E-state index contributed by atoms with van der Waals surface area (Å²) in [6.45, 7) is 3.68. The third-order valence-corrected chi connectivity index (χ3v) is 4.51. The zero-order valence-electron chi connectivity index (χ0n) is 10.4. The zero-order valence-corrected chi connectivity index (χ0v) is 10.4. The molecule has 1 aliphatic heterocycles. The van der Waals surface area contributed by atoms with Crippen LogP contribution in [0.2, 0.25) is 0 Å². The van der Waals surface area contributed by atoms with E-state index >= 15 is 0 Å². The molecule has 1 aliphatic carbocycles. The molecule has 1 amide bonds. The Kier molecular flexibility index (Phi) is 3.53. The molecule has 16 heavy (non-hydrogen) atoms. The number of amides is 1. The Morgan fingerprint density at radius 1 is 1.38 bits per heavy atom. The van der Waals surface area contributed by atoms with Gasteiger partial charge in [0.25, 0.3) is 0 Å². The largest absolute Gasteiger partial charge is 0.339 e. The lowest BCUT2D eigenvalue weighted by Crippen LogP contribution is -2.48. The normalized spacial score (nSPS) is 28.6. The fourth-order valence-corrected chi connectivity index (χ4v) is 3.39. The third-order valence-electron chi connectivity index (χ3n) is 4.51. The number of hydrogen-bond acceptors (Lipinski definition) is 2. The van der Waals surface area contributed by atoms with E-state index in [9.17, 15) is 4.79 Å². The highest BCUT2D eigenvalue weighted by Gasteiger charge is 2.44. The maximum atomic E-state index is 12.6. The molecule has 2 aliphatic rings. The zero-order chi connectivity index (χ0) is 11.6. The summed E-state index contributed by atoms with van der Waals surface area (Å²) >= 11 is 0. The van der Waals surface area contributed by atoms with Crippen molar-refractivity contribution in [3.05, 3.63) is 0 Å². The molecule has 2 rings (SSSR count). The van der Waals surface area contributed by atoms with Gasteiger partial charge in [0.1, 0.15) is 0 Å². The van der Waals surface area contributed by atoms with E-state index in [-0.39, 0.29) is 5.41 Å². The van der Waals surface area contributed by atoms with Crippen LogP contribution in [0.15, 0.2) is 0 Å². The van der Waals surface area contributed by atoms with Gasteiger partial charge in [0, 0.05) is 19.1 Å². The SMILES string of the molecule is CCC1CCCN1C(=O)C1(CN)CCCC1. The molecule has 2 N–H and O–H groups in total. The maximum absolute atomic E-state index is 12.6. The van der Waals surface area contributed by atoms with E-state index in [1.165, 1.54) is 25.7 Å². The molecule has 0 spiro atoms. The molecule has 1 heterocycles. The van der Waals surface area contributed by atoms with Crippen molar-refractivity contribution < 1.29 is 4.79 Å². The van der Waals surface area contributed by atoms with Crippen LogP contribution in [0.4, 0.5) is 0 Å². The van der Waals surface area contributed by atoms with Crippen molar-refractivity contribution in [3.8, 4) is 0 Å². The molecule has 3 heteroatoms. The molecule has 92 valence electrons. The van der Waals surface area contributed by atoms with E-state index < -0.39 is 0 Å². The van der Waals surface area contributed by atoms with Crippen molar-refractivity contribution in [2.45, 2.75) is 57.9 Å². The highest BCUT2D eigenvalue weighted by molar-refractivity contribution is 5.83. The highest BCUT2D eigenvalue weighted by atomic mass is 16.2. The first-order valence-electron chi connectivity index (χ1n) is 6.74. The van der Waals surface area contributed by atoms with Gasteiger partial charge in [-0.25, -0.2) is 0 Å². The molecule has 0 radical (unpaired) electrons. The van der Waals surface area contributed by atoms with Crippen LogP contribution in [0.25, 0.3) is 0 Å². The molecule has 0 aromatic heterocycles. The standard InChI is InChI=1S/C13H24N2O/c1-2-11-6-5-9-15(11)12(16)13(10-14)7-3-4-8-13/h11H,2-10,14H2,1H3. The lowest BCUT2D eigenvalue weighted by Gasteiger charge is -2.34. The van der Waals surface area contributed by atoms with E-state index in [1.54, 1.807) is 0 Å². The van der Waals surface area contributed by atoms with Crippen LogP contribution >= 0.6 is 0 Å². The molecule has 0 aromatic carbocycles. The maximum Gasteiger partial charge on any atom is 0.230 e. The summed E-state index contributed by atoms with van der Waals surface area (Å²) < 4.78 is 0. The van der Waals surface area contributed by atoms with Crippen molar-refractivity contribution in [2.75, 3.05) is 13.1 Å². The number of nitrogens with zero attached hydrogens (tertiary/aromatic N) is 1. The predicted octanol–water partition coefficient (Wildman–Crippen LogP) is 1.91. The van der Waals surface area contributed by atoms with Crippen molar-refractivity contribution in [3.63, 3.8) is 0 Å². The van der Waals surface area contributed by atoms with Gasteiger partial charge in [0.2, 0.25) is 5.91 Å². The van der Waals surface area contributed by atoms with E-state index in [2.05, 4.69) is 11.8 Å². The Morgan fingerprint density at radius 3 is 2.62 bits per heavy atom. The summed E-state index contributed by atoms with van der Waals surface area (Å²) in [4.78, 5) is 14.7. The smallest absolute Gasteiger partial charge is 0.230 e. The van der Waals surface area contributed by atoms with Gasteiger partial charge in [0.05, 0.1) is 5.41 Å². The Balaban J connectivity index is 2.10. The van der Waals surface area contributed by atoms with E-state index in [1.807, 2.05) is 0 Å². The Morgan fingerprint density at radius 2 is 2.06 bits per heavy atom. The fraction of sp³-hybridized carbons (Fsp3) is 0.923. The second-order valence-electron chi connectivity index (χ2n) is 5.39. The minimum atomic E-state index is -0.197. The number of likely N-dealkylation sites (tertiary alicyclic amines) is 1. The monoisotopic (exact) mass is 224 g/mol. The van der Waals surface area contributed by atoms with Crippen LogP contribution in [0.5, 0.6) is 0 Å². The lowest BCUT2D eigenvalue weighted by atomic mass is 9.84. The molecule has 3 nitrogen and oxygen atoms in total. The van der Waals surface area contributed by atoms with Gasteiger partial charge in [-0.05, 0) is 32.1 Å². The molecule has 2 fully saturated rings. The van der Waals surface area contributed by atoms with E-state index in [4.69, 9.17) is 5.73 Å². The van der Waals surface area contributed by atoms with Crippen molar-refractivity contribution >= 4 is 5.91 Å². The second kappa shape index (κ2) is 4.74. The Bertz CT molecular complexity index is 259. The molecule has 0 aromatic rings. The summed E-state index contributed by atoms with van der Waals surface area (Å²) in [5.74, 6) is 0.358. The Labute approximate surface area is 98.4 Å². The third kappa shape index (κ3) is 1.86. The number of rotatable bonds is 3. The number of carbonyl (C=O) groups excluding carboxylic acids is 1. The van der Waals surface area contributed by atoms with Crippen LogP contribution in [0, 0.1) is 5.41 Å². The molecule has 1 saturated carbocycles. The molecule has 0 bridgehead atoms. The molecule has 1 atom stereocenters. The quantitative estimate of drug-likeness (QED) is 0.796. The topological polar surface area (TPSA) is 46.3 Å². The van der Waals surface area contributed by atoms with Crippen molar-refractivity contribution in [1.29, 1.82) is 0 Å². The summed E-state index contributed by atoms with van der Waals surface area (Å²) in [7, 11) is 0. The first kappa shape index (κ1) is 11.9. The van der Waals surface area contributed by atoms with Crippen molar-refractivity contribution in [2.24, 2.45) is 11.1 Å². The van der Waals surface area contributed by atoms with E-state index in [0.29, 0.717) is 18.5 Å². The van der Waals surface area contributed by atoms with Crippen molar-refractivity contribution in [1.82, 2.24) is 4.90 Å². The van der Waals surface area contributed by atoms with E-state index in [0.717, 1.165) is 25.8 Å². The molecular formula is C13H24N2O. The summed E-state index contributed by atoms with van der Waals surface area (Å²) in [6, 6.07) is 0.483. The number of hydrogen-bond donors (Lipinski definition) is 1. The van der Waals surface area contributed by atoms with Crippen LogP contribution in [0.1, 0.15) is 51.9 Å². The van der Waals surface area contributed by atoms with Crippen LogP contribution < -0.4 is 5.73 Å². The number of carbonyl (C=O) groups is 1. The average molecular weight is 224 g/mol. The van der Waals surface area contributed by atoms with Gasteiger partial charge in [-0.2, -0.15) is 0 Å². The van der Waals surface area contributed by atoms with Crippen LogP contribution in [-0.2, 0) is 4.79 Å². The molecule has 1 unspecified atom stereocenters. The molecular weight excluding hydrogens is 200 g/mol. The Hall–Kier alpha value is -0.570. The van der Waals surface area contributed by atoms with Gasteiger partial charge in [-0.3, -0.25) is 4.79 Å². The lowest BCUT2D eigenvalue weighted by molar-refractivity contribution is -0.142. The highest BCUT2D eigenvalue weighted by Crippen LogP contribution is 2.40. The average Bonchev–Trinajstić information content (AvgIpc) is 2.97. The minimum absolute atomic E-state index is 0.197. The second-order valence-corrected chi connectivity index (χ2v) is 5.39. The molecule has 1 saturated heterocycles. The van der Waals surface area contributed by atoms with Gasteiger partial charge in [0.15, 0.2) is 0 Å². The van der Waals surface area contributed by atoms with Crippen LogP contribution in [0.3, 0.4) is 0 Å². The van der Waals surface area contributed by atoms with Gasteiger partial charge >= 0.3 is 0 Å². The van der Waals surface area contributed by atoms with Gasteiger partial charge < -0.3 is 10.6 Å². The van der Waals surface area contributed by atoms with Crippen LogP contribution in [-0.4, -0.2) is 29.9 Å². The minimum Gasteiger partial charge on any atom is -0.339 e. The van der Waals surface area contributed by atoms with Gasteiger partial charge in [-0.15, -0.1) is 0 Å². The van der Waals surface area contributed by atoms with Gasteiger partial charge in [-0.1, -0.05) is 19.8 Å².